The number of rotatable bonds is 4. The maximum atomic E-state index is 12.7. The van der Waals surface area contributed by atoms with Gasteiger partial charge in [0.15, 0.2) is 0 Å². The molecule has 7 heteroatoms. The first-order valence-corrected chi connectivity index (χ1v) is 8.35. The molecule has 0 radical (unpaired) electrons. The number of nitrogens with zero attached hydrogens (tertiary/aromatic N) is 3. The van der Waals surface area contributed by atoms with E-state index in [4.69, 9.17) is 11.6 Å². The van der Waals surface area contributed by atoms with Crippen LogP contribution in [0.15, 0.2) is 28.9 Å². The molecule has 0 aliphatic carbocycles. The first-order chi connectivity index (χ1) is 11.0. The minimum Gasteiger partial charge on any atom is -0.329 e. The van der Waals surface area contributed by atoms with Gasteiger partial charge in [0.25, 0.3) is 5.91 Å². The molecule has 0 bridgehead atoms. The van der Waals surface area contributed by atoms with Gasteiger partial charge in [0.2, 0.25) is 5.28 Å². The van der Waals surface area contributed by atoms with E-state index in [1.807, 2.05) is 25.1 Å². The Kier molecular flexibility index (Phi) is 4.64. The van der Waals surface area contributed by atoms with Crippen molar-refractivity contribution < 1.29 is 9.18 Å². The highest BCUT2D eigenvalue weighted by Crippen LogP contribution is 2.36. The maximum Gasteiger partial charge on any atom is 0.255 e. The number of alkyl halides is 1. The largest absolute Gasteiger partial charge is 0.329 e. The van der Waals surface area contributed by atoms with E-state index in [0.717, 1.165) is 15.6 Å². The molecule has 1 unspecified atom stereocenters. The lowest BCUT2D eigenvalue weighted by atomic mass is 9.97. The van der Waals surface area contributed by atoms with Crippen LogP contribution in [0, 0.1) is 0 Å². The minimum absolute atomic E-state index is 0.108. The normalized spacial score (nSPS) is 16.8. The van der Waals surface area contributed by atoms with Gasteiger partial charge in [-0.2, -0.15) is 0 Å². The number of hydrogen-bond acceptors (Lipinski definition) is 3. The summed E-state index contributed by atoms with van der Waals surface area (Å²) in [4.78, 5) is 22.3. The van der Waals surface area contributed by atoms with Crippen molar-refractivity contribution in [2.24, 2.45) is 0 Å². The van der Waals surface area contributed by atoms with Crippen molar-refractivity contribution in [1.29, 1.82) is 0 Å². The Morgan fingerprint density at radius 2 is 2.22 bits per heavy atom. The molecule has 0 N–H and O–H groups in total. The van der Waals surface area contributed by atoms with Crippen LogP contribution in [0.25, 0.3) is 0 Å². The predicted molar refractivity (Wildman–Crippen MR) is 89.4 cm³/mol. The molecular formula is C16H14BrClFN3O. The molecule has 23 heavy (non-hydrogen) atoms. The van der Waals surface area contributed by atoms with Crippen LogP contribution in [0.1, 0.15) is 40.1 Å². The van der Waals surface area contributed by atoms with Crippen LogP contribution in [-0.2, 0) is 6.42 Å². The highest BCUT2D eigenvalue weighted by Gasteiger charge is 2.35. The average Bonchev–Trinajstić information content (AvgIpc) is 2.77. The highest BCUT2D eigenvalue weighted by molar-refractivity contribution is 9.10. The average molecular weight is 399 g/mol. The third kappa shape index (κ3) is 2.97. The lowest BCUT2D eigenvalue weighted by Crippen LogP contribution is -2.29. The second-order valence-corrected chi connectivity index (χ2v) is 6.55. The van der Waals surface area contributed by atoms with Crippen molar-refractivity contribution >= 4 is 33.4 Å². The molecule has 1 atom stereocenters. The van der Waals surface area contributed by atoms with E-state index < -0.39 is 6.67 Å². The number of halogens is 3. The van der Waals surface area contributed by atoms with Crippen LogP contribution in [0.3, 0.4) is 0 Å². The topological polar surface area (TPSA) is 46.1 Å². The predicted octanol–water partition coefficient (Wildman–Crippen LogP) is 3.97. The third-order valence-corrected chi connectivity index (χ3v) is 4.89. The van der Waals surface area contributed by atoms with E-state index in [-0.39, 0.29) is 23.8 Å². The molecule has 2 heterocycles. The molecular weight excluding hydrogens is 385 g/mol. The second kappa shape index (κ2) is 6.53. The highest BCUT2D eigenvalue weighted by atomic mass is 79.9. The van der Waals surface area contributed by atoms with Gasteiger partial charge in [0, 0.05) is 24.7 Å². The molecule has 1 aromatic carbocycles. The van der Waals surface area contributed by atoms with Gasteiger partial charge < -0.3 is 4.90 Å². The van der Waals surface area contributed by atoms with Gasteiger partial charge >= 0.3 is 0 Å². The van der Waals surface area contributed by atoms with Crippen LogP contribution >= 0.6 is 27.5 Å². The Balaban J connectivity index is 2.01. The van der Waals surface area contributed by atoms with Crippen LogP contribution in [0.2, 0.25) is 5.28 Å². The van der Waals surface area contributed by atoms with E-state index in [1.165, 1.54) is 0 Å². The standard InChI is InChI=1S/C16H14BrClFN3O/c1-9-11-4-2-3-10(14(11)15(23)22(9)6-5-19)7-13-12(17)8-20-16(18)21-13/h2-4,8-9H,5-7H2,1H3. The molecule has 2 aromatic rings. The lowest BCUT2D eigenvalue weighted by Gasteiger charge is -2.20. The van der Waals surface area contributed by atoms with E-state index in [1.54, 1.807) is 11.1 Å². The SMILES string of the molecule is CC1c2cccc(Cc3nc(Cl)ncc3Br)c2C(=O)N1CCF. The zero-order valence-corrected chi connectivity index (χ0v) is 14.7. The zero-order valence-electron chi connectivity index (χ0n) is 12.4. The van der Waals surface area contributed by atoms with E-state index in [0.29, 0.717) is 17.7 Å². The summed E-state index contributed by atoms with van der Waals surface area (Å²) in [6.07, 6.45) is 2.04. The fourth-order valence-electron chi connectivity index (χ4n) is 2.93. The van der Waals surface area contributed by atoms with Gasteiger partial charge in [-0.1, -0.05) is 18.2 Å². The van der Waals surface area contributed by atoms with Gasteiger partial charge in [-0.05, 0) is 45.6 Å². The fraction of sp³-hybridized carbons (Fsp3) is 0.312. The van der Waals surface area contributed by atoms with E-state index >= 15 is 0 Å². The molecule has 1 aliphatic heterocycles. The summed E-state index contributed by atoms with van der Waals surface area (Å²) < 4.78 is 13.5. The first-order valence-electron chi connectivity index (χ1n) is 7.18. The van der Waals surface area contributed by atoms with Gasteiger partial charge in [0.1, 0.15) is 6.67 Å². The van der Waals surface area contributed by atoms with Crippen LogP contribution in [-0.4, -0.2) is 34.0 Å². The molecule has 1 aromatic heterocycles. The summed E-state index contributed by atoms with van der Waals surface area (Å²) in [5.74, 6) is -0.128. The van der Waals surface area contributed by atoms with Gasteiger partial charge in [0.05, 0.1) is 16.2 Å². The zero-order chi connectivity index (χ0) is 16.6. The Hall–Kier alpha value is -1.53. The monoisotopic (exact) mass is 397 g/mol. The van der Waals surface area contributed by atoms with Gasteiger partial charge in [-0.15, -0.1) is 0 Å². The van der Waals surface area contributed by atoms with Crippen molar-refractivity contribution in [3.63, 3.8) is 0 Å². The van der Waals surface area contributed by atoms with Gasteiger partial charge in [-0.25, -0.2) is 14.4 Å². The maximum absolute atomic E-state index is 12.7. The number of hydrogen-bond donors (Lipinski definition) is 0. The number of fused-ring (bicyclic) bond motifs is 1. The molecule has 0 saturated carbocycles. The van der Waals surface area contributed by atoms with E-state index in [9.17, 15) is 9.18 Å². The Bertz CT molecular complexity index is 771. The smallest absolute Gasteiger partial charge is 0.255 e. The molecule has 1 aliphatic rings. The van der Waals surface area contributed by atoms with Crippen LogP contribution in [0.5, 0.6) is 0 Å². The number of carbonyl (C=O) groups excluding carboxylic acids is 1. The summed E-state index contributed by atoms with van der Waals surface area (Å²) >= 11 is 9.26. The van der Waals surface area contributed by atoms with Crippen molar-refractivity contribution in [2.75, 3.05) is 13.2 Å². The number of carbonyl (C=O) groups is 1. The molecule has 0 spiro atoms. The third-order valence-electron chi connectivity index (χ3n) is 4.05. The molecule has 0 saturated heterocycles. The Morgan fingerprint density at radius 3 is 2.96 bits per heavy atom. The molecule has 0 fully saturated rings. The van der Waals surface area contributed by atoms with Crippen molar-refractivity contribution in [1.82, 2.24) is 14.9 Å². The van der Waals surface area contributed by atoms with Crippen molar-refractivity contribution in [3.8, 4) is 0 Å². The second-order valence-electron chi connectivity index (χ2n) is 5.36. The fourth-order valence-corrected chi connectivity index (χ4v) is 3.41. The number of aromatic nitrogens is 2. The summed E-state index contributed by atoms with van der Waals surface area (Å²) in [5, 5.41) is 0.162. The number of amides is 1. The molecule has 120 valence electrons. The minimum atomic E-state index is -0.549. The van der Waals surface area contributed by atoms with Crippen molar-refractivity contribution in [2.45, 2.75) is 19.4 Å². The van der Waals surface area contributed by atoms with Crippen molar-refractivity contribution in [3.05, 3.63) is 56.5 Å². The molecule has 1 amide bonds. The van der Waals surface area contributed by atoms with Crippen LogP contribution in [0.4, 0.5) is 4.39 Å². The lowest BCUT2D eigenvalue weighted by molar-refractivity contribution is 0.0724. The summed E-state index contributed by atoms with van der Waals surface area (Å²) in [5.41, 5.74) is 3.14. The number of benzene rings is 1. The van der Waals surface area contributed by atoms with Gasteiger partial charge in [-0.3, -0.25) is 4.79 Å². The summed E-state index contributed by atoms with van der Waals surface area (Å²) in [7, 11) is 0. The Morgan fingerprint density at radius 1 is 1.43 bits per heavy atom. The van der Waals surface area contributed by atoms with Crippen LogP contribution < -0.4 is 0 Å². The summed E-state index contributed by atoms with van der Waals surface area (Å²) in [6, 6.07) is 5.60. The first kappa shape index (κ1) is 16.3. The molecule has 3 rings (SSSR count). The molecule has 4 nitrogen and oxygen atoms in total. The summed E-state index contributed by atoms with van der Waals surface area (Å²) in [6.45, 7) is 1.48. The Labute approximate surface area is 146 Å². The van der Waals surface area contributed by atoms with E-state index in [2.05, 4.69) is 25.9 Å². The quantitative estimate of drug-likeness (QED) is 0.732.